The van der Waals surface area contributed by atoms with Crippen LogP contribution in [0.5, 0.6) is 0 Å². The highest BCUT2D eigenvalue weighted by atomic mass is 32.2. The van der Waals surface area contributed by atoms with Gasteiger partial charge in [0.1, 0.15) is 10.6 Å². The Morgan fingerprint density at radius 1 is 1.43 bits per heavy atom. The number of hydrogen-bond donors (Lipinski definition) is 2. The summed E-state index contributed by atoms with van der Waals surface area (Å²) < 4.78 is 39.3. The van der Waals surface area contributed by atoms with E-state index < -0.39 is 26.8 Å². The number of sulfonamides is 1. The van der Waals surface area contributed by atoms with E-state index in [-0.39, 0.29) is 28.4 Å². The second-order valence-corrected chi connectivity index (χ2v) is 8.60. The van der Waals surface area contributed by atoms with Gasteiger partial charge in [-0.2, -0.15) is 0 Å². The molecule has 0 radical (unpaired) electrons. The van der Waals surface area contributed by atoms with E-state index in [1.807, 2.05) is 0 Å². The molecular formula is C12H20N2O5S2. The molecule has 0 saturated heterocycles. The number of nitrogens with zero attached hydrogens (tertiary/aromatic N) is 1. The van der Waals surface area contributed by atoms with Crippen molar-refractivity contribution >= 4 is 26.8 Å². The molecule has 0 spiro atoms. The van der Waals surface area contributed by atoms with Crippen LogP contribution in [0.15, 0.2) is 17.2 Å². The fourth-order valence-corrected chi connectivity index (χ4v) is 3.21. The summed E-state index contributed by atoms with van der Waals surface area (Å²) in [6.45, 7) is 5.22. The molecule has 0 aliphatic carbocycles. The molecule has 9 heteroatoms. The topological polar surface area (TPSA) is 105 Å². The van der Waals surface area contributed by atoms with Crippen LogP contribution in [0.1, 0.15) is 37.3 Å². The molecule has 0 aliphatic heterocycles. The molecule has 0 fully saturated rings. The zero-order chi connectivity index (χ0) is 16.4. The fraction of sp³-hybridized carbons (Fsp3) is 0.583. The number of carboxylic acid groups (broad SMARTS) is 1. The number of hydrogen-bond acceptors (Lipinski definition) is 4. The lowest BCUT2D eigenvalue weighted by Gasteiger charge is -2.10. The van der Waals surface area contributed by atoms with Crippen molar-refractivity contribution in [1.82, 2.24) is 9.29 Å². The molecule has 0 amide bonds. The lowest BCUT2D eigenvalue weighted by Crippen LogP contribution is -2.32. The Balaban J connectivity index is 3.07. The van der Waals surface area contributed by atoms with Crippen LogP contribution in [0.3, 0.4) is 0 Å². The number of nitrogens with one attached hydrogen (secondary N) is 1. The van der Waals surface area contributed by atoms with E-state index in [9.17, 15) is 17.4 Å². The lowest BCUT2D eigenvalue weighted by molar-refractivity contribution is 0.0683. The van der Waals surface area contributed by atoms with Gasteiger partial charge in [-0.25, -0.2) is 17.9 Å². The van der Waals surface area contributed by atoms with Crippen LogP contribution in [0.25, 0.3) is 0 Å². The molecule has 0 saturated carbocycles. The van der Waals surface area contributed by atoms with E-state index in [0.29, 0.717) is 0 Å². The highest BCUT2D eigenvalue weighted by Crippen LogP contribution is 2.19. The Bertz CT molecular complexity index is 649. The molecule has 0 aromatic carbocycles. The third-order valence-corrected chi connectivity index (χ3v) is 5.73. The summed E-state index contributed by atoms with van der Waals surface area (Å²) >= 11 is 0. The summed E-state index contributed by atoms with van der Waals surface area (Å²) in [6, 6.07) is 0.945. The lowest BCUT2D eigenvalue weighted by atomic mass is 10.3. The minimum absolute atomic E-state index is 0.0285. The van der Waals surface area contributed by atoms with Gasteiger partial charge in [-0.15, -0.1) is 0 Å². The second kappa shape index (κ2) is 6.71. The minimum atomic E-state index is -3.83. The predicted octanol–water partition coefficient (Wildman–Crippen LogP) is 0.812. The third-order valence-electron chi connectivity index (χ3n) is 3.04. The highest BCUT2D eigenvalue weighted by molar-refractivity contribution is 7.89. The minimum Gasteiger partial charge on any atom is -0.477 e. The Labute approximate surface area is 126 Å². The van der Waals surface area contributed by atoms with Gasteiger partial charge < -0.3 is 9.67 Å². The van der Waals surface area contributed by atoms with Gasteiger partial charge in [0.2, 0.25) is 10.0 Å². The van der Waals surface area contributed by atoms with Gasteiger partial charge in [0.25, 0.3) is 0 Å². The number of rotatable bonds is 7. The van der Waals surface area contributed by atoms with Crippen LogP contribution in [0.4, 0.5) is 0 Å². The molecular weight excluding hydrogens is 316 g/mol. The maximum absolute atomic E-state index is 12.2. The average Bonchev–Trinajstić information content (AvgIpc) is 2.81. The summed E-state index contributed by atoms with van der Waals surface area (Å²) in [5, 5.41) is 8.78. The Morgan fingerprint density at radius 3 is 2.38 bits per heavy atom. The average molecular weight is 336 g/mol. The molecule has 1 aromatic rings. The molecule has 1 heterocycles. The molecule has 2 unspecified atom stereocenters. The smallest absolute Gasteiger partial charge is 0.352 e. The molecule has 120 valence electrons. The van der Waals surface area contributed by atoms with Crippen molar-refractivity contribution in [2.24, 2.45) is 0 Å². The molecule has 0 bridgehead atoms. The molecule has 1 aromatic heterocycles. The Kier molecular flexibility index (Phi) is 5.71. The predicted molar refractivity (Wildman–Crippen MR) is 80.5 cm³/mol. The first kappa shape index (κ1) is 17.9. The van der Waals surface area contributed by atoms with Gasteiger partial charge in [0, 0.05) is 41.1 Å². The molecule has 1 rings (SSSR count). The first-order chi connectivity index (χ1) is 9.56. The van der Waals surface area contributed by atoms with Gasteiger partial charge >= 0.3 is 5.97 Å². The van der Waals surface area contributed by atoms with E-state index in [0.717, 1.165) is 6.07 Å². The first-order valence-electron chi connectivity index (χ1n) is 6.33. The Morgan fingerprint density at radius 2 is 2.00 bits per heavy atom. The summed E-state index contributed by atoms with van der Waals surface area (Å²) in [5.74, 6) is -1.19. The number of carbonyl (C=O) groups is 1. The van der Waals surface area contributed by atoms with Crippen LogP contribution in [0, 0.1) is 0 Å². The molecule has 0 aliphatic rings. The van der Waals surface area contributed by atoms with Gasteiger partial charge in [-0.1, -0.05) is 0 Å². The molecule has 2 N–H and O–H groups in total. The van der Waals surface area contributed by atoms with E-state index in [1.54, 1.807) is 20.8 Å². The van der Waals surface area contributed by atoms with Gasteiger partial charge in [0.05, 0.1) is 0 Å². The van der Waals surface area contributed by atoms with Crippen LogP contribution >= 0.6 is 0 Å². The molecule has 2 atom stereocenters. The maximum atomic E-state index is 12.2. The van der Waals surface area contributed by atoms with Gasteiger partial charge in [0.15, 0.2) is 0 Å². The summed E-state index contributed by atoms with van der Waals surface area (Å²) in [4.78, 5) is 11.0. The van der Waals surface area contributed by atoms with Crippen molar-refractivity contribution in [2.45, 2.75) is 37.0 Å². The number of aromatic carboxylic acids is 1. The van der Waals surface area contributed by atoms with Gasteiger partial charge in [-0.3, -0.25) is 4.21 Å². The maximum Gasteiger partial charge on any atom is 0.352 e. The Hall–Kier alpha value is -1.19. The van der Waals surface area contributed by atoms with Crippen molar-refractivity contribution in [3.8, 4) is 0 Å². The normalized spacial score (nSPS) is 15.1. The van der Waals surface area contributed by atoms with Crippen LogP contribution < -0.4 is 4.72 Å². The fourth-order valence-electron chi connectivity index (χ4n) is 1.63. The largest absolute Gasteiger partial charge is 0.477 e. The van der Waals surface area contributed by atoms with Gasteiger partial charge in [-0.05, 0) is 26.8 Å². The van der Waals surface area contributed by atoms with E-state index in [4.69, 9.17) is 5.11 Å². The first-order valence-corrected chi connectivity index (χ1v) is 9.43. The highest BCUT2D eigenvalue weighted by Gasteiger charge is 2.23. The number of carboxylic acids is 1. The van der Waals surface area contributed by atoms with Crippen molar-refractivity contribution in [3.63, 3.8) is 0 Å². The van der Waals surface area contributed by atoms with E-state index >= 15 is 0 Å². The standard InChI is InChI=1S/C12H20N2O5S2/c1-8(2)14-7-10(5-11(14)12(15)16)21(18,19)13-6-9(3)20(4)17/h5,7-9,13H,6H2,1-4H3,(H,15,16). The van der Waals surface area contributed by atoms with Crippen LogP contribution in [-0.4, -0.2) is 46.3 Å². The SMILES string of the molecule is CC(C)n1cc(S(=O)(=O)NCC(C)S(C)=O)cc1C(=O)O. The summed E-state index contributed by atoms with van der Waals surface area (Å²) in [6.07, 6.45) is 2.79. The molecule has 7 nitrogen and oxygen atoms in total. The van der Waals surface area contributed by atoms with E-state index in [1.165, 1.54) is 17.0 Å². The van der Waals surface area contributed by atoms with Crippen molar-refractivity contribution in [1.29, 1.82) is 0 Å². The third kappa shape index (κ3) is 4.39. The zero-order valence-corrected chi connectivity index (χ0v) is 14.0. The van der Waals surface area contributed by atoms with Crippen LogP contribution in [-0.2, 0) is 20.8 Å². The second-order valence-electron chi connectivity index (χ2n) is 5.03. The molecule has 21 heavy (non-hydrogen) atoms. The number of aromatic nitrogens is 1. The van der Waals surface area contributed by atoms with Crippen molar-refractivity contribution in [3.05, 3.63) is 18.0 Å². The monoisotopic (exact) mass is 336 g/mol. The zero-order valence-electron chi connectivity index (χ0n) is 12.4. The van der Waals surface area contributed by atoms with E-state index in [2.05, 4.69) is 4.72 Å². The summed E-state index contributed by atoms with van der Waals surface area (Å²) in [5.41, 5.74) is -0.0857. The van der Waals surface area contributed by atoms with Crippen molar-refractivity contribution < 1.29 is 22.5 Å². The van der Waals surface area contributed by atoms with Crippen LogP contribution in [0.2, 0.25) is 0 Å². The summed E-state index contributed by atoms with van der Waals surface area (Å²) in [7, 11) is -4.97. The quantitative estimate of drug-likeness (QED) is 0.766. The van der Waals surface area contributed by atoms with Crippen molar-refractivity contribution in [2.75, 3.05) is 12.8 Å².